The fourth-order valence-electron chi connectivity index (χ4n) is 1.95. The summed E-state index contributed by atoms with van der Waals surface area (Å²) in [5.74, 6) is 0.874. The van der Waals surface area contributed by atoms with Crippen LogP contribution in [0.5, 0.6) is 0 Å². The summed E-state index contributed by atoms with van der Waals surface area (Å²) >= 11 is 6.20. The highest BCUT2D eigenvalue weighted by atomic mass is 35.5. The van der Waals surface area contributed by atoms with Crippen LogP contribution < -0.4 is 10.6 Å². The van der Waals surface area contributed by atoms with E-state index in [1.807, 2.05) is 43.3 Å². The van der Waals surface area contributed by atoms with E-state index in [0.717, 1.165) is 28.6 Å². The molecule has 0 saturated heterocycles. The summed E-state index contributed by atoms with van der Waals surface area (Å²) < 4.78 is 0. The third-order valence-corrected chi connectivity index (χ3v) is 3.22. The van der Waals surface area contributed by atoms with Gasteiger partial charge in [0.15, 0.2) is 0 Å². The van der Waals surface area contributed by atoms with E-state index in [1.54, 1.807) is 6.20 Å². The van der Waals surface area contributed by atoms with Gasteiger partial charge in [-0.05, 0) is 31.5 Å². The Morgan fingerprint density at radius 1 is 1.26 bits per heavy atom. The maximum absolute atomic E-state index is 6.20. The van der Waals surface area contributed by atoms with Crippen LogP contribution >= 0.6 is 11.6 Å². The molecule has 19 heavy (non-hydrogen) atoms. The van der Waals surface area contributed by atoms with Gasteiger partial charge in [0.2, 0.25) is 0 Å². The number of nitrogens with one attached hydrogen (secondary N) is 2. The molecule has 0 aliphatic carbocycles. The number of pyridine rings is 1. The molecule has 1 atom stereocenters. The summed E-state index contributed by atoms with van der Waals surface area (Å²) in [6.45, 7) is 5.00. The van der Waals surface area contributed by atoms with Crippen LogP contribution in [-0.4, -0.2) is 11.5 Å². The monoisotopic (exact) mass is 275 g/mol. The van der Waals surface area contributed by atoms with E-state index in [1.165, 1.54) is 0 Å². The van der Waals surface area contributed by atoms with Gasteiger partial charge in [0, 0.05) is 35.6 Å². The molecule has 0 fully saturated rings. The van der Waals surface area contributed by atoms with Crippen molar-refractivity contribution in [2.24, 2.45) is 0 Å². The van der Waals surface area contributed by atoms with Crippen molar-refractivity contribution in [2.45, 2.75) is 19.9 Å². The van der Waals surface area contributed by atoms with Crippen molar-refractivity contribution in [3.05, 3.63) is 53.2 Å². The van der Waals surface area contributed by atoms with Gasteiger partial charge in [-0.15, -0.1) is 0 Å². The molecular weight excluding hydrogens is 258 g/mol. The van der Waals surface area contributed by atoms with Crippen molar-refractivity contribution in [3.8, 4) is 0 Å². The van der Waals surface area contributed by atoms with Gasteiger partial charge < -0.3 is 10.6 Å². The van der Waals surface area contributed by atoms with Gasteiger partial charge in [0.05, 0.1) is 0 Å². The van der Waals surface area contributed by atoms with Crippen molar-refractivity contribution < 1.29 is 0 Å². The second-order valence-corrected chi connectivity index (χ2v) is 4.75. The SMILES string of the molecule is CCNc1cc(NC(C)c2ccccc2Cl)ccn1. The average Bonchev–Trinajstić information content (AvgIpc) is 2.40. The molecule has 0 amide bonds. The Morgan fingerprint density at radius 2 is 2.05 bits per heavy atom. The normalized spacial score (nSPS) is 11.9. The van der Waals surface area contributed by atoms with E-state index < -0.39 is 0 Å². The largest absolute Gasteiger partial charge is 0.378 e. The molecule has 0 radical (unpaired) electrons. The number of anilines is 2. The minimum absolute atomic E-state index is 0.144. The van der Waals surface area contributed by atoms with Gasteiger partial charge in [0.1, 0.15) is 5.82 Å². The van der Waals surface area contributed by atoms with Crippen LogP contribution in [0.25, 0.3) is 0 Å². The van der Waals surface area contributed by atoms with E-state index in [2.05, 4.69) is 22.5 Å². The fraction of sp³-hybridized carbons (Fsp3) is 0.267. The lowest BCUT2D eigenvalue weighted by molar-refractivity contribution is 0.884. The second kappa shape index (κ2) is 6.43. The third-order valence-electron chi connectivity index (χ3n) is 2.87. The van der Waals surface area contributed by atoms with Crippen LogP contribution in [0.2, 0.25) is 5.02 Å². The molecule has 1 heterocycles. The molecule has 1 unspecified atom stereocenters. The van der Waals surface area contributed by atoms with Crippen molar-refractivity contribution in [1.82, 2.24) is 4.98 Å². The van der Waals surface area contributed by atoms with Crippen LogP contribution in [0.15, 0.2) is 42.6 Å². The van der Waals surface area contributed by atoms with Gasteiger partial charge >= 0.3 is 0 Å². The molecule has 0 spiro atoms. The summed E-state index contributed by atoms with van der Waals surface area (Å²) in [4.78, 5) is 4.25. The summed E-state index contributed by atoms with van der Waals surface area (Å²) in [6.07, 6.45) is 1.79. The quantitative estimate of drug-likeness (QED) is 0.852. The van der Waals surface area contributed by atoms with Crippen molar-refractivity contribution in [2.75, 3.05) is 17.2 Å². The molecule has 2 aromatic rings. The van der Waals surface area contributed by atoms with E-state index in [-0.39, 0.29) is 6.04 Å². The molecule has 4 heteroatoms. The van der Waals surface area contributed by atoms with Gasteiger partial charge in [-0.1, -0.05) is 29.8 Å². The third kappa shape index (κ3) is 3.61. The summed E-state index contributed by atoms with van der Waals surface area (Å²) in [6, 6.07) is 12.0. The molecule has 0 aliphatic rings. The second-order valence-electron chi connectivity index (χ2n) is 4.35. The zero-order valence-electron chi connectivity index (χ0n) is 11.2. The van der Waals surface area contributed by atoms with Gasteiger partial charge in [-0.25, -0.2) is 4.98 Å². The van der Waals surface area contributed by atoms with Crippen LogP contribution in [0.3, 0.4) is 0 Å². The molecule has 2 rings (SSSR count). The molecule has 0 aliphatic heterocycles. The minimum atomic E-state index is 0.144. The maximum atomic E-state index is 6.20. The number of benzene rings is 1. The maximum Gasteiger partial charge on any atom is 0.127 e. The Balaban J connectivity index is 2.12. The molecule has 0 bridgehead atoms. The zero-order chi connectivity index (χ0) is 13.7. The molecule has 0 saturated carbocycles. The van der Waals surface area contributed by atoms with Crippen LogP contribution in [0, 0.1) is 0 Å². The summed E-state index contributed by atoms with van der Waals surface area (Å²) in [5, 5.41) is 7.41. The first-order valence-electron chi connectivity index (χ1n) is 6.41. The highest BCUT2D eigenvalue weighted by Crippen LogP contribution is 2.26. The van der Waals surface area contributed by atoms with Gasteiger partial charge in [-0.2, -0.15) is 0 Å². The number of halogens is 1. The lowest BCUT2D eigenvalue weighted by atomic mass is 10.1. The number of nitrogens with zero attached hydrogens (tertiary/aromatic N) is 1. The van der Waals surface area contributed by atoms with E-state index in [9.17, 15) is 0 Å². The number of hydrogen-bond acceptors (Lipinski definition) is 3. The smallest absolute Gasteiger partial charge is 0.127 e. The van der Waals surface area contributed by atoms with Crippen molar-refractivity contribution in [1.29, 1.82) is 0 Å². The van der Waals surface area contributed by atoms with E-state index in [0.29, 0.717) is 0 Å². The van der Waals surface area contributed by atoms with Crippen LogP contribution in [0.4, 0.5) is 11.5 Å². The summed E-state index contributed by atoms with van der Waals surface area (Å²) in [7, 11) is 0. The molecule has 3 nitrogen and oxygen atoms in total. The van der Waals surface area contributed by atoms with E-state index >= 15 is 0 Å². The first kappa shape index (κ1) is 13.7. The number of hydrogen-bond donors (Lipinski definition) is 2. The number of rotatable bonds is 5. The van der Waals surface area contributed by atoms with Crippen LogP contribution in [-0.2, 0) is 0 Å². The Hall–Kier alpha value is -1.74. The predicted octanol–water partition coefficient (Wildman–Crippen LogP) is 4.34. The Kier molecular flexibility index (Phi) is 4.63. The molecule has 2 N–H and O–H groups in total. The lowest BCUT2D eigenvalue weighted by Crippen LogP contribution is -2.08. The summed E-state index contributed by atoms with van der Waals surface area (Å²) in [5.41, 5.74) is 2.12. The van der Waals surface area contributed by atoms with Gasteiger partial charge in [-0.3, -0.25) is 0 Å². The first-order valence-corrected chi connectivity index (χ1v) is 6.79. The fourth-order valence-corrected chi connectivity index (χ4v) is 2.25. The highest BCUT2D eigenvalue weighted by molar-refractivity contribution is 6.31. The van der Waals surface area contributed by atoms with Gasteiger partial charge in [0.25, 0.3) is 0 Å². The number of aromatic nitrogens is 1. The standard InChI is InChI=1S/C15H18ClN3/c1-3-17-15-10-12(8-9-18-15)19-11(2)13-6-4-5-7-14(13)16/h4-11H,3H2,1-2H3,(H2,17,18,19). The average molecular weight is 276 g/mol. The van der Waals surface area contributed by atoms with Crippen molar-refractivity contribution in [3.63, 3.8) is 0 Å². The minimum Gasteiger partial charge on any atom is -0.378 e. The molecule has 100 valence electrons. The van der Waals surface area contributed by atoms with E-state index in [4.69, 9.17) is 11.6 Å². The first-order chi connectivity index (χ1) is 9.20. The molecule has 1 aromatic heterocycles. The topological polar surface area (TPSA) is 37.0 Å². The predicted molar refractivity (Wildman–Crippen MR) is 81.9 cm³/mol. The Bertz CT molecular complexity index is 542. The van der Waals surface area contributed by atoms with Crippen molar-refractivity contribution >= 4 is 23.1 Å². The zero-order valence-corrected chi connectivity index (χ0v) is 11.9. The molecule has 1 aromatic carbocycles. The lowest BCUT2D eigenvalue weighted by Gasteiger charge is -2.17. The Morgan fingerprint density at radius 3 is 2.79 bits per heavy atom. The Labute approximate surface area is 119 Å². The molecular formula is C15H18ClN3. The highest BCUT2D eigenvalue weighted by Gasteiger charge is 2.09. The van der Waals surface area contributed by atoms with Crippen LogP contribution in [0.1, 0.15) is 25.5 Å².